The molecule has 0 saturated heterocycles. The first kappa shape index (κ1) is 16.8. The van der Waals surface area contributed by atoms with Gasteiger partial charge in [0.15, 0.2) is 0 Å². The van der Waals surface area contributed by atoms with Crippen molar-refractivity contribution in [1.29, 1.82) is 0 Å². The topological polar surface area (TPSA) is 59.6 Å². The van der Waals surface area contributed by atoms with Crippen LogP contribution in [0.1, 0.15) is 32.8 Å². The number of anilines is 1. The molecule has 1 aromatic rings. The van der Waals surface area contributed by atoms with Crippen LogP contribution in [-0.4, -0.2) is 31.9 Å². The van der Waals surface area contributed by atoms with Crippen LogP contribution >= 0.6 is 0 Å². The van der Waals surface area contributed by atoms with Crippen LogP contribution in [0, 0.1) is 5.41 Å². The van der Waals surface area contributed by atoms with Gasteiger partial charge >= 0.3 is 6.03 Å². The van der Waals surface area contributed by atoms with Gasteiger partial charge in [0.1, 0.15) is 0 Å². The Labute approximate surface area is 132 Å². The van der Waals surface area contributed by atoms with E-state index in [4.69, 9.17) is 9.47 Å². The fourth-order valence-electron chi connectivity index (χ4n) is 2.96. The lowest BCUT2D eigenvalue weighted by Crippen LogP contribution is -2.68. The molecule has 5 nitrogen and oxygen atoms in total. The van der Waals surface area contributed by atoms with E-state index in [1.54, 1.807) is 14.2 Å². The zero-order valence-corrected chi connectivity index (χ0v) is 14.0. The Bertz CT molecular complexity index is 544. The highest BCUT2D eigenvalue weighted by Gasteiger charge is 2.58. The first-order chi connectivity index (χ1) is 10.3. The molecule has 5 heteroatoms. The molecule has 0 unspecified atom stereocenters. The van der Waals surface area contributed by atoms with E-state index in [1.165, 1.54) is 0 Å². The largest absolute Gasteiger partial charge is 0.380 e. The minimum absolute atomic E-state index is 0.0898. The lowest BCUT2D eigenvalue weighted by atomic mass is 9.56. The Morgan fingerprint density at radius 1 is 1.27 bits per heavy atom. The highest BCUT2D eigenvalue weighted by atomic mass is 16.5. The van der Waals surface area contributed by atoms with Crippen molar-refractivity contribution in [3.05, 3.63) is 29.8 Å². The first-order valence-corrected chi connectivity index (χ1v) is 7.53. The molecule has 2 N–H and O–H groups in total. The summed E-state index contributed by atoms with van der Waals surface area (Å²) in [5.74, 6) is 0. The van der Waals surface area contributed by atoms with Gasteiger partial charge in [-0.2, -0.15) is 0 Å². The van der Waals surface area contributed by atoms with Crippen molar-refractivity contribution in [1.82, 2.24) is 5.32 Å². The number of urea groups is 1. The Kier molecular flexibility index (Phi) is 4.78. The minimum Gasteiger partial charge on any atom is -0.380 e. The molecular formula is C17H26N2O3. The first-order valence-electron chi connectivity index (χ1n) is 7.53. The molecule has 2 atom stereocenters. The molecule has 0 spiro atoms. The number of benzene rings is 1. The molecular weight excluding hydrogens is 280 g/mol. The molecule has 0 heterocycles. The quantitative estimate of drug-likeness (QED) is 0.878. The summed E-state index contributed by atoms with van der Waals surface area (Å²) in [6, 6.07) is 7.53. The van der Waals surface area contributed by atoms with Crippen LogP contribution in [0.2, 0.25) is 0 Å². The number of amides is 2. The maximum absolute atomic E-state index is 12.3. The molecule has 0 bridgehead atoms. The zero-order valence-electron chi connectivity index (χ0n) is 14.0. The van der Waals surface area contributed by atoms with Gasteiger partial charge in [-0.1, -0.05) is 32.0 Å². The predicted molar refractivity (Wildman–Crippen MR) is 86.9 cm³/mol. The second-order valence-corrected chi connectivity index (χ2v) is 6.60. The summed E-state index contributed by atoms with van der Waals surface area (Å²) >= 11 is 0. The molecule has 1 aliphatic carbocycles. The van der Waals surface area contributed by atoms with Gasteiger partial charge in [0, 0.05) is 36.9 Å². The molecule has 1 aromatic carbocycles. The molecule has 1 saturated carbocycles. The van der Waals surface area contributed by atoms with Gasteiger partial charge in [-0.05, 0) is 19.4 Å². The average molecular weight is 306 g/mol. The third-order valence-electron chi connectivity index (χ3n) is 5.15. The van der Waals surface area contributed by atoms with Gasteiger partial charge in [0.25, 0.3) is 0 Å². The van der Waals surface area contributed by atoms with Crippen LogP contribution < -0.4 is 10.6 Å². The third kappa shape index (κ3) is 2.96. The zero-order chi connectivity index (χ0) is 16.4. The van der Waals surface area contributed by atoms with E-state index in [0.717, 1.165) is 17.7 Å². The number of rotatable bonds is 5. The third-order valence-corrected chi connectivity index (χ3v) is 5.15. The van der Waals surface area contributed by atoms with E-state index in [0.29, 0.717) is 6.61 Å². The van der Waals surface area contributed by atoms with Crippen LogP contribution in [0.3, 0.4) is 0 Å². The molecule has 22 heavy (non-hydrogen) atoms. The molecule has 1 aliphatic rings. The average Bonchev–Trinajstić information content (AvgIpc) is 2.48. The Balaban J connectivity index is 1.98. The summed E-state index contributed by atoms with van der Waals surface area (Å²) < 4.78 is 10.7. The van der Waals surface area contributed by atoms with Crippen molar-refractivity contribution in [2.75, 3.05) is 19.5 Å². The van der Waals surface area contributed by atoms with Crippen LogP contribution in [0.15, 0.2) is 24.3 Å². The Morgan fingerprint density at radius 3 is 2.55 bits per heavy atom. The number of carbonyl (C=O) groups is 1. The molecule has 2 rings (SSSR count). The number of carbonyl (C=O) groups excluding carboxylic acids is 1. The fourth-order valence-corrected chi connectivity index (χ4v) is 2.96. The highest BCUT2D eigenvalue weighted by molar-refractivity contribution is 5.90. The van der Waals surface area contributed by atoms with E-state index >= 15 is 0 Å². The lowest BCUT2D eigenvalue weighted by Gasteiger charge is -2.59. The number of methoxy groups -OCH3 is 2. The number of ether oxygens (including phenoxy) is 2. The molecule has 0 aromatic heterocycles. The van der Waals surface area contributed by atoms with Crippen LogP contribution in [0.5, 0.6) is 0 Å². The molecule has 122 valence electrons. The molecule has 2 amide bonds. The summed E-state index contributed by atoms with van der Waals surface area (Å²) in [4.78, 5) is 12.3. The molecule has 0 radical (unpaired) electrons. The van der Waals surface area contributed by atoms with Gasteiger partial charge in [0.2, 0.25) is 0 Å². The van der Waals surface area contributed by atoms with Crippen molar-refractivity contribution in [2.45, 2.75) is 45.4 Å². The molecule has 1 fully saturated rings. The van der Waals surface area contributed by atoms with E-state index in [1.807, 2.05) is 24.3 Å². The number of hydrogen-bond acceptors (Lipinski definition) is 3. The Hall–Kier alpha value is -1.59. The fraction of sp³-hybridized carbons (Fsp3) is 0.588. The van der Waals surface area contributed by atoms with Crippen LogP contribution in [-0.2, 0) is 16.1 Å². The van der Waals surface area contributed by atoms with E-state index in [9.17, 15) is 4.79 Å². The summed E-state index contributed by atoms with van der Waals surface area (Å²) in [5.41, 5.74) is 1.42. The summed E-state index contributed by atoms with van der Waals surface area (Å²) in [6.45, 7) is 6.78. The smallest absolute Gasteiger partial charge is 0.319 e. The standard InChI is InChI=1S/C17H26N2O3/c1-16(2)14(10-17(16,3)22-5)19-15(20)18-13-9-7-6-8-12(13)11-21-4/h6-9,14H,10-11H2,1-5H3,(H2,18,19,20)/t14-,17-/m0/s1. The van der Waals surface area contributed by atoms with Crippen molar-refractivity contribution < 1.29 is 14.3 Å². The molecule has 0 aliphatic heterocycles. The van der Waals surface area contributed by atoms with Crippen molar-refractivity contribution in [3.63, 3.8) is 0 Å². The van der Waals surface area contributed by atoms with Gasteiger partial charge in [0.05, 0.1) is 12.2 Å². The van der Waals surface area contributed by atoms with Gasteiger partial charge in [-0.3, -0.25) is 0 Å². The minimum atomic E-state index is -0.196. The van der Waals surface area contributed by atoms with Crippen LogP contribution in [0.4, 0.5) is 10.5 Å². The van der Waals surface area contributed by atoms with Gasteiger partial charge in [-0.15, -0.1) is 0 Å². The Morgan fingerprint density at radius 2 is 1.95 bits per heavy atom. The summed E-state index contributed by atoms with van der Waals surface area (Å²) in [7, 11) is 3.36. The summed E-state index contributed by atoms with van der Waals surface area (Å²) in [6.07, 6.45) is 0.809. The van der Waals surface area contributed by atoms with Gasteiger partial charge < -0.3 is 20.1 Å². The maximum atomic E-state index is 12.3. The predicted octanol–water partition coefficient (Wildman–Crippen LogP) is 3.16. The number of para-hydroxylation sites is 1. The van der Waals surface area contributed by atoms with Crippen molar-refractivity contribution in [2.24, 2.45) is 5.41 Å². The van der Waals surface area contributed by atoms with Crippen LogP contribution in [0.25, 0.3) is 0 Å². The highest BCUT2D eigenvalue weighted by Crippen LogP contribution is 2.51. The lowest BCUT2D eigenvalue weighted by molar-refractivity contribution is -0.177. The normalized spacial score (nSPS) is 26.1. The maximum Gasteiger partial charge on any atom is 0.319 e. The monoisotopic (exact) mass is 306 g/mol. The van der Waals surface area contributed by atoms with E-state index < -0.39 is 0 Å². The number of nitrogens with one attached hydrogen (secondary N) is 2. The number of hydrogen-bond donors (Lipinski definition) is 2. The van der Waals surface area contributed by atoms with Crippen molar-refractivity contribution >= 4 is 11.7 Å². The second kappa shape index (κ2) is 6.26. The van der Waals surface area contributed by atoms with E-state index in [2.05, 4.69) is 31.4 Å². The SMILES string of the molecule is COCc1ccccc1NC(=O)N[C@H]1C[C@](C)(OC)C1(C)C. The van der Waals surface area contributed by atoms with Crippen molar-refractivity contribution in [3.8, 4) is 0 Å². The van der Waals surface area contributed by atoms with E-state index in [-0.39, 0.29) is 23.1 Å². The summed E-state index contributed by atoms with van der Waals surface area (Å²) in [5, 5.41) is 5.95. The van der Waals surface area contributed by atoms with Gasteiger partial charge in [-0.25, -0.2) is 4.79 Å². The second-order valence-electron chi connectivity index (χ2n) is 6.60.